The predicted molar refractivity (Wildman–Crippen MR) is 81.9 cm³/mol. The largest absolute Gasteiger partial charge is 0.401 e. The summed E-state index contributed by atoms with van der Waals surface area (Å²) in [6.45, 7) is 13.4. The summed E-state index contributed by atoms with van der Waals surface area (Å²) < 4.78 is 0. The molecule has 3 heteroatoms. The van der Waals surface area contributed by atoms with Gasteiger partial charge in [-0.25, -0.2) is 0 Å². The Labute approximate surface area is 110 Å². The number of aromatic amines is 1. The highest BCUT2D eigenvalue weighted by molar-refractivity contribution is 5.65. The van der Waals surface area contributed by atoms with E-state index in [4.69, 9.17) is 11.5 Å². The number of nitrogens with two attached hydrogens (primary N) is 2. The van der Waals surface area contributed by atoms with Crippen molar-refractivity contribution in [2.45, 2.75) is 33.2 Å². The van der Waals surface area contributed by atoms with Crippen LogP contribution in [0.4, 0.5) is 0 Å². The standard InChI is InChI=1S/C13H19N3.C2H6/c1-4-6-13-11(5-2)10(8-16-13)7-12(15)9(3)14;1-2/h4-6,8,12,16H,2-3,7,14-15H2,1H3;1-2H3/b6-4-;. The third-order valence-electron chi connectivity index (χ3n) is 2.49. The Balaban J connectivity index is 0.00000137. The minimum absolute atomic E-state index is 0.215. The number of hydrogen-bond donors (Lipinski definition) is 3. The zero-order valence-corrected chi connectivity index (χ0v) is 11.7. The molecule has 5 N–H and O–H groups in total. The summed E-state index contributed by atoms with van der Waals surface area (Å²) in [7, 11) is 0. The molecule has 3 nitrogen and oxygen atoms in total. The van der Waals surface area contributed by atoms with Gasteiger partial charge in [0, 0.05) is 29.2 Å². The van der Waals surface area contributed by atoms with Crippen LogP contribution in [0.25, 0.3) is 12.2 Å². The molecular formula is C15H25N3. The SMILES string of the molecule is C=Cc1c(CC(N)C(=C)N)c[nH]c1/C=C\C.CC. The van der Waals surface area contributed by atoms with Gasteiger partial charge in [-0.1, -0.05) is 39.2 Å². The van der Waals surface area contributed by atoms with Gasteiger partial charge in [0.15, 0.2) is 0 Å². The first-order valence-electron chi connectivity index (χ1n) is 6.25. The molecule has 0 aliphatic carbocycles. The molecule has 1 rings (SSSR count). The molecule has 0 aliphatic rings. The van der Waals surface area contributed by atoms with Crippen LogP contribution >= 0.6 is 0 Å². The third kappa shape index (κ3) is 4.26. The zero-order chi connectivity index (χ0) is 14.1. The van der Waals surface area contributed by atoms with Gasteiger partial charge in [0.25, 0.3) is 0 Å². The minimum Gasteiger partial charge on any atom is -0.401 e. The summed E-state index contributed by atoms with van der Waals surface area (Å²) in [5, 5.41) is 0. The Bertz CT molecular complexity index is 413. The van der Waals surface area contributed by atoms with E-state index >= 15 is 0 Å². The molecule has 0 saturated heterocycles. The molecule has 1 aromatic heterocycles. The fourth-order valence-electron chi connectivity index (χ4n) is 1.58. The van der Waals surface area contributed by atoms with Gasteiger partial charge >= 0.3 is 0 Å². The molecule has 0 aromatic carbocycles. The number of H-pyrrole nitrogens is 1. The van der Waals surface area contributed by atoms with Gasteiger partial charge in [0.1, 0.15) is 0 Å². The van der Waals surface area contributed by atoms with E-state index in [1.165, 1.54) is 0 Å². The highest BCUT2D eigenvalue weighted by atomic mass is 14.7. The van der Waals surface area contributed by atoms with Gasteiger partial charge in [0.05, 0.1) is 0 Å². The smallest absolute Gasteiger partial charge is 0.0477 e. The average molecular weight is 247 g/mol. The van der Waals surface area contributed by atoms with Crippen molar-refractivity contribution in [3.8, 4) is 0 Å². The van der Waals surface area contributed by atoms with Crippen molar-refractivity contribution in [1.29, 1.82) is 0 Å². The first-order valence-corrected chi connectivity index (χ1v) is 6.25. The number of nitrogens with one attached hydrogen (secondary N) is 1. The van der Waals surface area contributed by atoms with Crippen molar-refractivity contribution in [2.24, 2.45) is 11.5 Å². The van der Waals surface area contributed by atoms with Crippen LogP contribution in [0.5, 0.6) is 0 Å². The molecule has 0 spiro atoms. The summed E-state index contributed by atoms with van der Waals surface area (Å²) in [6.07, 6.45) is 8.42. The van der Waals surface area contributed by atoms with E-state index in [-0.39, 0.29) is 6.04 Å². The van der Waals surface area contributed by atoms with Crippen LogP contribution in [0.15, 0.2) is 31.1 Å². The van der Waals surface area contributed by atoms with Crippen LogP contribution in [0.3, 0.4) is 0 Å². The van der Waals surface area contributed by atoms with Gasteiger partial charge < -0.3 is 16.5 Å². The maximum absolute atomic E-state index is 5.86. The van der Waals surface area contributed by atoms with E-state index < -0.39 is 0 Å². The van der Waals surface area contributed by atoms with Crippen LogP contribution in [-0.4, -0.2) is 11.0 Å². The van der Waals surface area contributed by atoms with Gasteiger partial charge in [0.2, 0.25) is 0 Å². The topological polar surface area (TPSA) is 67.8 Å². The van der Waals surface area contributed by atoms with Crippen LogP contribution in [0, 0.1) is 0 Å². The predicted octanol–water partition coefficient (Wildman–Crippen LogP) is 3.06. The Morgan fingerprint density at radius 2 is 2.11 bits per heavy atom. The lowest BCUT2D eigenvalue weighted by molar-refractivity contribution is 0.757. The first-order chi connectivity index (χ1) is 8.60. The van der Waals surface area contributed by atoms with Crippen LogP contribution in [-0.2, 0) is 6.42 Å². The summed E-state index contributed by atoms with van der Waals surface area (Å²) in [4.78, 5) is 3.19. The van der Waals surface area contributed by atoms with Crippen LogP contribution in [0.1, 0.15) is 37.6 Å². The first kappa shape index (κ1) is 16.3. The molecule has 0 fully saturated rings. The second-order valence-electron chi connectivity index (χ2n) is 3.73. The van der Waals surface area contributed by atoms with Crippen molar-refractivity contribution in [3.63, 3.8) is 0 Å². The summed E-state index contributed by atoms with van der Waals surface area (Å²) in [5.41, 5.74) is 15.2. The molecule has 0 amide bonds. The van der Waals surface area contributed by atoms with Gasteiger partial charge in [-0.05, 0) is 25.0 Å². The van der Waals surface area contributed by atoms with E-state index in [1.54, 1.807) is 0 Å². The maximum Gasteiger partial charge on any atom is 0.0477 e. The van der Waals surface area contributed by atoms with Crippen LogP contribution in [0.2, 0.25) is 0 Å². The lowest BCUT2D eigenvalue weighted by Crippen LogP contribution is -2.29. The number of rotatable bonds is 5. The van der Waals surface area contributed by atoms with Crippen LogP contribution < -0.4 is 11.5 Å². The molecule has 0 saturated carbocycles. The monoisotopic (exact) mass is 247 g/mol. The minimum atomic E-state index is -0.215. The second kappa shape index (κ2) is 8.37. The molecule has 0 aliphatic heterocycles. The van der Waals surface area contributed by atoms with Crippen molar-refractivity contribution in [3.05, 3.63) is 47.9 Å². The second-order valence-corrected chi connectivity index (χ2v) is 3.73. The average Bonchev–Trinajstić information content (AvgIpc) is 2.74. The molecule has 0 bridgehead atoms. The molecule has 1 heterocycles. The van der Waals surface area contributed by atoms with Gasteiger partial charge in [-0.3, -0.25) is 0 Å². The highest BCUT2D eigenvalue weighted by Crippen LogP contribution is 2.19. The lowest BCUT2D eigenvalue weighted by Gasteiger charge is -2.10. The third-order valence-corrected chi connectivity index (χ3v) is 2.49. The Kier molecular flexibility index (Phi) is 7.56. The summed E-state index contributed by atoms with van der Waals surface area (Å²) in [6, 6.07) is -0.215. The number of aromatic nitrogens is 1. The fourth-order valence-corrected chi connectivity index (χ4v) is 1.58. The van der Waals surface area contributed by atoms with Crippen molar-refractivity contribution in [1.82, 2.24) is 4.98 Å². The van der Waals surface area contributed by atoms with Crippen molar-refractivity contribution in [2.75, 3.05) is 0 Å². The van der Waals surface area contributed by atoms with Gasteiger partial charge in [-0.2, -0.15) is 0 Å². The zero-order valence-electron chi connectivity index (χ0n) is 11.7. The molecule has 1 atom stereocenters. The Morgan fingerprint density at radius 3 is 2.56 bits per heavy atom. The molecule has 0 radical (unpaired) electrons. The Morgan fingerprint density at radius 1 is 1.50 bits per heavy atom. The number of hydrogen-bond acceptors (Lipinski definition) is 2. The van der Waals surface area contributed by atoms with E-state index in [0.29, 0.717) is 12.1 Å². The fraction of sp³-hybridized carbons (Fsp3) is 0.333. The van der Waals surface area contributed by atoms with E-state index in [9.17, 15) is 0 Å². The van der Waals surface area contributed by atoms with Crippen molar-refractivity contribution >= 4 is 12.2 Å². The molecule has 1 aromatic rings. The van der Waals surface area contributed by atoms with Crippen molar-refractivity contribution < 1.29 is 0 Å². The molecule has 18 heavy (non-hydrogen) atoms. The normalized spacial score (nSPS) is 11.8. The summed E-state index contributed by atoms with van der Waals surface area (Å²) in [5.74, 6) is 0. The van der Waals surface area contributed by atoms with E-state index in [1.807, 2.05) is 45.2 Å². The summed E-state index contributed by atoms with van der Waals surface area (Å²) >= 11 is 0. The number of allylic oxidation sites excluding steroid dienone is 1. The van der Waals surface area contributed by atoms with Gasteiger partial charge in [-0.15, -0.1) is 0 Å². The molecule has 100 valence electrons. The molecular weight excluding hydrogens is 222 g/mol. The highest BCUT2D eigenvalue weighted by Gasteiger charge is 2.11. The lowest BCUT2D eigenvalue weighted by atomic mass is 10.0. The Hall–Kier alpha value is -1.74. The van der Waals surface area contributed by atoms with E-state index in [2.05, 4.69) is 18.1 Å². The van der Waals surface area contributed by atoms with E-state index in [0.717, 1.165) is 16.8 Å². The maximum atomic E-state index is 5.86. The molecule has 1 unspecified atom stereocenters. The quantitative estimate of drug-likeness (QED) is 0.748.